The first kappa shape index (κ1) is 14.1. The maximum absolute atomic E-state index is 10.8. The maximum Gasteiger partial charge on any atom is 0.216 e. The molecule has 17 heavy (non-hydrogen) atoms. The van der Waals surface area contributed by atoms with Gasteiger partial charge in [-0.15, -0.1) is 11.8 Å². The molecule has 0 saturated heterocycles. The molecule has 94 valence electrons. The quantitative estimate of drug-likeness (QED) is 0.759. The van der Waals surface area contributed by atoms with Crippen LogP contribution in [0.25, 0.3) is 0 Å². The van der Waals surface area contributed by atoms with Crippen LogP contribution in [0, 0.1) is 5.92 Å². The van der Waals surface area contributed by atoms with E-state index in [1.165, 1.54) is 17.4 Å². The first-order chi connectivity index (χ1) is 8.15. The number of aliphatic hydroxyl groups excluding tert-OH is 1. The van der Waals surface area contributed by atoms with Gasteiger partial charge in [0.1, 0.15) is 0 Å². The van der Waals surface area contributed by atoms with Crippen LogP contribution in [0.4, 0.5) is 0 Å². The SMILES string of the molecule is CSc1ccc(CC(CO)CNC(C)=O)cc1. The second-order valence-corrected chi connectivity index (χ2v) is 4.92. The molecule has 1 amide bonds. The van der Waals surface area contributed by atoms with Crippen molar-refractivity contribution in [3.63, 3.8) is 0 Å². The molecule has 0 aromatic heterocycles. The summed E-state index contributed by atoms with van der Waals surface area (Å²) in [7, 11) is 0. The van der Waals surface area contributed by atoms with Crippen molar-refractivity contribution in [1.82, 2.24) is 5.32 Å². The topological polar surface area (TPSA) is 49.3 Å². The highest BCUT2D eigenvalue weighted by Crippen LogP contribution is 2.16. The fraction of sp³-hybridized carbons (Fsp3) is 0.462. The van der Waals surface area contributed by atoms with Gasteiger partial charge in [-0.2, -0.15) is 0 Å². The summed E-state index contributed by atoms with van der Waals surface area (Å²) >= 11 is 1.71. The molecular weight excluding hydrogens is 234 g/mol. The number of carbonyl (C=O) groups excluding carboxylic acids is 1. The van der Waals surface area contributed by atoms with Crippen molar-refractivity contribution in [3.8, 4) is 0 Å². The summed E-state index contributed by atoms with van der Waals surface area (Å²) in [5.74, 6) is 0.0280. The lowest BCUT2D eigenvalue weighted by molar-refractivity contribution is -0.119. The summed E-state index contributed by atoms with van der Waals surface area (Å²) in [4.78, 5) is 12.0. The van der Waals surface area contributed by atoms with Crippen LogP contribution in [-0.2, 0) is 11.2 Å². The summed E-state index contributed by atoms with van der Waals surface area (Å²) in [5, 5.41) is 12.0. The molecule has 0 aliphatic rings. The highest BCUT2D eigenvalue weighted by atomic mass is 32.2. The molecule has 1 atom stereocenters. The van der Waals surface area contributed by atoms with Crippen LogP contribution in [0.1, 0.15) is 12.5 Å². The fourth-order valence-electron chi connectivity index (χ4n) is 1.58. The molecule has 0 aliphatic heterocycles. The summed E-state index contributed by atoms with van der Waals surface area (Å²) in [6.45, 7) is 2.10. The predicted molar refractivity (Wildman–Crippen MR) is 71.2 cm³/mol. The minimum absolute atomic E-state index is 0.0545. The monoisotopic (exact) mass is 253 g/mol. The van der Waals surface area contributed by atoms with Crippen LogP contribution in [0.5, 0.6) is 0 Å². The largest absolute Gasteiger partial charge is 0.396 e. The average Bonchev–Trinajstić information content (AvgIpc) is 2.35. The van der Waals surface area contributed by atoms with Gasteiger partial charge < -0.3 is 10.4 Å². The van der Waals surface area contributed by atoms with Crippen molar-refractivity contribution < 1.29 is 9.90 Å². The zero-order valence-electron chi connectivity index (χ0n) is 10.3. The Kier molecular flexibility index (Phi) is 6.08. The van der Waals surface area contributed by atoms with Gasteiger partial charge in [0.25, 0.3) is 0 Å². The van der Waals surface area contributed by atoms with E-state index in [4.69, 9.17) is 0 Å². The molecule has 1 aromatic rings. The molecule has 0 heterocycles. The van der Waals surface area contributed by atoms with E-state index in [-0.39, 0.29) is 18.4 Å². The van der Waals surface area contributed by atoms with E-state index in [0.29, 0.717) is 6.54 Å². The van der Waals surface area contributed by atoms with Gasteiger partial charge in [0.2, 0.25) is 5.91 Å². The number of thioether (sulfide) groups is 1. The molecule has 1 rings (SSSR count). The summed E-state index contributed by atoms with van der Waals surface area (Å²) in [6, 6.07) is 8.30. The number of amides is 1. The number of carbonyl (C=O) groups is 1. The first-order valence-corrected chi connectivity index (χ1v) is 6.86. The minimum atomic E-state index is -0.0545. The third-order valence-electron chi connectivity index (χ3n) is 2.58. The molecule has 0 bridgehead atoms. The van der Waals surface area contributed by atoms with E-state index in [2.05, 4.69) is 29.6 Å². The first-order valence-electron chi connectivity index (χ1n) is 5.64. The Bertz CT molecular complexity index is 351. The van der Waals surface area contributed by atoms with E-state index < -0.39 is 0 Å². The van der Waals surface area contributed by atoms with E-state index in [1.54, 1.807) is 11.8 Å². The number of benzene rings is 1. The van der Waals surface area contributed by atoms with E-state index >= 15 is 0 Å². The zero-order valence-corrected chi connectivity index (χ0v) is 11.1. The van der Waals surface area contributed by atoms with Gasteiger partial charge in [0.15, 0.2) is 0 Å². The molecule has 0 saturated carbocycles. The summed E-state index contributed by atoms with van der Waals surface area (Å²) in [6.07, 6.45) is 2.83. The van der Waals surface area contributed by atoms with Crippen molar-refractivity contribution in [2.75, 3.05) is 19.4 Å². The molecule has 4 heteroatoms. The lowest BCUT2D eigenvalue weighted by atomic mass is 10.00. The number of aliphatic hydroxyl groups is 1. The maximum atomic E-state index is 10.8. The molecule has 3 nitrogen and oxygen atoms in total. The number of nitrogens with one attached hydrogen (secondary N) is 1. The Labute approximate surface area is 107 Å². The van der Waals surface area contributed by atoms with Crippen molar-refractivity contribution in [1.29, 1.82) is 0 Å². The van der Waals surface area contributed by atoms with E-state index in [9.17, 15) is 9.90 Å². The standard InChI is InChI=1S/C13H19NO2S/c1-10(16)14-8-12(9-15)7-11-3-5-13(17-2)6-4-11/h3-6,12,15H,7-9H2,1-2H3,(H,14,16). The third-order valence-corrected chi connectivity index (χ3v) is 3.32. The molecular formula is C13H19NO2S. The molecule has 0 aliphatic carbocycles. The number of hydrogen-bond donors (Lipinski definition) is 2. The Balaban J connectivity index is 2.51. The van der Waals surface area contributed by atoms with Crippen molar-refractivity contribution >= 4 is 17.7 Å². The second-order valence-electron chi connectivity index (χ2n) is 4.04. The molecule has 1 aromatic carbocycles. The third kappa shape index (κ3) is 5.24. The summed E-state index contributed by atoms with van der Waals surface area (Å²) in [5.41, 5.74) is 1.19. The van der Waals surface area contributed by atoms with Crippen LogP contribution in [0.3, 0.4) is 0 Å². The van der Waals surface area contributed by atoms with Gasteiger partial charge in [-0.1, -0.05) is 12.1 Å². The Morgan fingerprint density at radius 2 is 2.06 bits per heavy atom. The van der Waals surface area contributed by atoms with Crippen molar-refractivity contribution in [3.05, 3.63) is 29.8 Å². The lowest BCUT2D eigenvalue weighted by Gasteiger charge is -2.14. The normalized spacial score (nSPS) is 12.2. The summed E-state index contributed by atoms with van der Waals surface area (Å²) < 4.78 is 0. The fourth-order valence-corrected chi connectivity index (χ4v) is 1.99. The van der Waals surface area contributed by atoms with Gasteiger partial charge in [-0.25, -0.2) is 0 Å². The smallest absolute Gasteiger partial charge is 0.216 e. The van der Waals surface area contributed by atoms with E-state index in [0.717, 1.165) is 6.42 Å². The highest BCUT2D eigenvalue weighted by molar-refractivity contribution is 7.98. The van der Waals surface area contributed by atoms with Gasteiger partial charge >= 0.3 is 0 Å². The average molecular weight is 253 g/mol. The van der Waals surface area contributed by atoms with Crippen molar-refractivity contribution in [2.45, 2.75) is 18.2 Å². The van der Waals surface area contributed by atoms with Gasteiger partial charge in [0.05, 0.1) is 0 Å². The molecule has 2 N–H and O–H groups in total. The Hall–Kier alpha value is -1.00. The van der Waals surface area contributed by atoms with Gasteiger partial charge in [-0.05, 0) is 30.4 Å². The highest BCUT2D eigenvalue weighted by Gasteiger charge is 2.09. The number of hydrogen-bond acceptors (Lipinski definition) is 3. The molecule has 1 unspecified atom stereocenters. The predicted octanol–water partition coefficient (Wildman–Crippen LogP) is 1.70. The zero-order chi connectivity index (χ0) is 12.7. The van der Waals surface area contributed by atoms with Gasteiger partial charge in [-0.3, -0.25) is 4.79 Å². The Morgan fingerprint density at radius 1 is 1.41 bits per heavy atom. The molecule has 0 fully saturated rings. The van der Waals surface area contributed by atoms with Crippen molar-refractivity contribution in [2.24, 2.45) is 5.92 Å². The molecule has 0 radical (unpaired) electrons. The van der Waals surface area contributed by atoms with Crippen LogP contribution in [-0.4, -0.2) is 30.4 Å². The second kappa shape index (κ2) is 7.35. The molecule has 0 spiro atoms. The van der Waals surface area contributed by atoms with Crippen LogP contribution >= 0.6 is 11.8 Å². The number of rotatable bonds is 6. The minimum Gasteiger partial charge on any atom is -0.396 e. The van der Waals surface area contributed by atoms with E-state index in [1.807, 2.05) is 6.26 Å². The lowest BCUT2D eigenvalue weighted by Crippen LogP contribution is -2.30. The Morgan fingerprint density at radius 3 is 2.53 bits per heavy atom. The van der Waals surface area contributed by atoms with Crippen LogP contribution in [0.2, 0.25) is 0 Å². The van der Waals surface area contributed by atoms with Crippen LogP contribution in [0.15, 0.2) is 29.2 Å². The van der Waals surface area contributed by atoms with Crippen LogP contribution < -0.4 is 5.32 Å². The van der Waals surface area contributed by atoms with Gasteiger partial charge in [0, 0.05) is 30.9 Å².